The van der Waals surface area contributed by atoms with Gasteiger partial charge in [0.2, 0.25) is 0 Å². The second-order valence-electron chi connectivity index (χ2n) is 5.96. The number of nitrogens with zero attached hydrogens (tertiary/aromatic N) is 2. The van der Waals surface area contributed by atoms with Gasteiger partial charge < -0.3 is 25.4 Å². The fourth-order valence-electron chi connectivity index (χ4n) is 3.17. The van der Waals surface area contributed by atoms with Crippen molar-refractivity contribution >= 4 is 23.4 Å². The number of primary amides is 1. The summed E-state index contributed by atoms with van der Waals surface area (Å²) in [6.45, 7) is 2.06. The minimum atomic E-state index is -0.923. The van der Waals surface area contributed by atoms with Gasteiger partial charge in [-0.3, -0.25) is 4.79 Å². The molecule has 0 spiro atoms. The van der Waals surface area contributed by atoms with Crippen LogP contribution in [0.4, 0.5) is 16.2 Å². The van der Waals surface area contributed by atoms with Gasteiger partial charge in [0.1, 0.15) is 0 Å². The number of nitrogens with two attached hydrogens (primary N) is 1. The van der Waals surface area contributed by atoms with E-state index in [0.29, 0.717) is 19.5 Å². The van der Waals surface area contributed by atoms with Crippen LogP contribution in [0, 0.1) is 0 Å². The Balaban J connectivity index is 1.71. The SMILES string of the molecule is NC(=O)OC1CCCN(c2ccc(N3CC[C@@H](O)C3)cc2)C1=O. The molecule has 2 atom stereocenters. The highest BCUT2D eigenvalue weighted by Gasteiger charge is 2.32. The van der Waals surface area contributed by atoms with E-state index in [1.807, 2.05) is 24.3 Å². The molecule has 1 aromatic carbocycles. The van der Waals surface area contributed by atoms with Crippen LogP contribution in [0.15, 0.2) is 24.3 Å². The molecule has 2 heterocycles. The van der Waals surface area contributed by atoms with E-state index in [-0.39, 0.29) is 12.0 Å². The smallest absolute Gasteiger partial charge is 0.405 e. The number of rotatable bonds is 3. The average molecular weight is 319 g/mol. The van der Waals surface area contributed by atoms with Gasteiger partial charge in [-0.15, -0.1) is 0 Å². The lowest BCUT2D eigenvalue weighted by atomic mass is 10.1. The topological polar surface area (TPSA) is 96.1 Å². The number of ether oxygens (including phenoxy) is 1. The first kappa shape index (κ1) is 15.6. The van der Waals surface area contributed by atoms with Gasteiger partial charge in [-0.1, -0.05) is 0 Å². The van der Waals surface area contributed by atoms with E-state index in [4.69, 9.17) is 10.5 Å². The molecule has 1 unspecified atom stereocenters. The Morgan fingerprint density at radius 3 is 2.48 bits per heavy atom. The number of aliphatic hydroxyl groups is 1. The van der Waals surface area contributed by atoms with Crippen molar-refractivity contribution in [1.82, 2.24) is 0 Å². The van der Waals surface area contributed by atoms with Crippen LogP contribution in [0.1, 0.15) is 19.3 Å². The summed E-state index contributed by atoms with van der Waals surface area (Å²) in [5.41, 5.74) is 6.81. The highest BCUT2D eigenvalue weighted by molar-refractivity contribution is 5.98. The third-order valence-corrected chi connectivity index (χ3v) is 4.34. The molecule has 0 aliphatic carbocycles. The Labute approximate surface area is 134 Å². The number of hydrogen-bond acceptors (Lipinski definition) is 5. The molecule has 2 saturated heterocycles. The van der Waals surface area contributed by atoms with Crippen LogP contribution in [-0.4, -0.2) is 48.9 Å². The molecule has 7 nitrogen and oxygen atoms in total. The zero-order chi connectivity index (χ0) is 16.4. The lowest BCUT2D eigenvalue weighted by Crippen LogP contribution is -2.46. The second-order valence-corrected chi connectivity index (χ2v) is 5.96. The summed E-state index contributed by atoms with van der Waals surface area (Å²) in [5, 5.41) is 9.61. The zero-order valence-electron chi connectivity index (χ0n) is 12.9. The number of hydrogen-bond donors (Lipinski definition) is 2. The van der Waals surface area contributed by atoms with Crippen LogP contribution in [0.5, 0.6) is 0 Å². The molecule has 0 radical (unpaired) electrons. The van der Waals surface area contributed by atoms with Crippen LogP contribution in [0.25, 0.3) is 0 Å². The number of benzene rings is 1. The van der Waals surface area contributed by atoms with Gasteiger partial charge in [0.25, 0.3) is 5.91 Å². The molecule has 2 amide bonds. The van der Waals surface area contributed by atoms with Crippen LogP contribution >= 0.6 is 0 Å². The molecular weight excluding hydrogens is 298 g/mol. The van der Waals surface area contributed by atoms with Crippen molar-refractivity contribution in [3.63, 3.8) is 0 Å². The van der Waals surface area contributed by atoms with Crippen LogP contribution < -0.4 is 15.5 Å². The summed E-state index contributed by atoms with van der Waals surface area (Å²) in [4.78, 5) is 27.0. The Hall–Kier alpha value is -2.28. The molecule has 0 bridgehead atoms. The first-order valence-corrected chi connectivity index (χ1v) is 7.85. The van der Waals surface area contributed by atoms with Gasteiger partial charge in [-0.2, -0.15) is 0 Å². The molecule has 3 N–H and O–H groups in total. The second kappa shape index (κ2) is 6.45. The summed E-state index contributed by atoms with van der Waals surface area (Å²) in [7, 11) is 0. The molecule has 0 saturated carbocycles. The number of amides is 2. The molecule has 1 aromatic rings. The number of β-amino-alcohol motifs (C(OH)–C–C–N with tert-alkyl or cyclic N) is 1. The van der Waals surface area contributed by atoms with Crippen LogP contribution in [0.3, 0.4) is 0 Å². The van der Waals surface area contributed by atoms with Crippen molar-refractivity contribution in [2.75, 3.05) is 29.4 Å². The lowest BCUT2D eigenvalue weighted by molar-refractivity contribution is -0.128. The molecular formula is C16H21N3O4. The first-order chi connectivity index (χ1) is 11.0. The maximum atomic E-state index is 12.4. The van der Waals surface area contributed by atoms with Gasteiger partial charge >= 0.3 is 6.09 Å². The Bertz CT molecular complexity index is 589. The molecule has 0 aromatic heterocycles. The van der Waals surface area contributed by atoms with Gasteiger partial charge in [0.15, 0.2) is 6.10 Å². The van der Waals surface area contributed by atoms with E-state index in [0.717, 1.165) is 30.8 Å². The predicted molar refractivity (Wildman–Crippen MR) is 85.3 cm³/mol. The molecule has 23 heavy (non-hydrogen) atoms. The number of piperidine rings is 1. The molecule has 2 fully saturated rings. The first-order valence-electron chi connectivity index (χ1n) is 7.85. The average Bonchev–Trinajstić information content (AvgIpc) is 2.96. The summed E-state index contributed by atoms with van der Waals surface area (Å²) in [6, 6.07) is 7.65. The third-order valence-electron chi connectivity index (χ3n) is 4.34. The highest BCUT2D eigenvalue weighted by Crippen LogP contribution is 2.27. The Morgan fingerprint density at radius 1 is 1.17 bits per heavy atom. The van der Waals surface area contributed by atoms with E-state index in [2.05, 4.69) is 4.90 Å². The van der Waals surface area contributed by atoms with Crippen LogP contribution in [0.2, 0.25) is 0 Å². The van der Waals surface area contributed by atoms with E-state index in [9.17, 15) is 14.7 Å². The minimum Gasteiger partial charge on any atom is -0.436 e. The maximum Gasteiger partial charge on any atom is 0.405 e. The number of carbonyl (C=O) groups excluding carboxylic acids is 2. The largest absolute Gasteiger partial charge is 0.436 e. The van der Waals surface area contributed by atoms with Gasteiger partial charge in [-0.05, 0) is 43.5 Å². The number of anilines is 2. The number of carbonyl (C=O) groups is 2. The maximum absolute atomic E-state index is 12.4. The predicted octanol–water partition coefficient (Wildman–Crippen LogP) is 0.848. The summed E-state index contributed by atoms with van der Waals surface area (Å²) >= 11 is 0. The normalized spacial score (nSPS) is 24.8. The van der Waals surface area contributed by atoms with E-state index in [1.54, 1.807) is 4.90 Å². The zero-order valence-corrected chi connectivity index (χ0v) is 12.9. The fraction of sp³-hybridized carbons (Fsp3) is 0.500. The molecule has 3 rings (SSSR count). The van der Waals surface area contributed by atoms with Crippen molar-refractivity contribution < 1.29 is 19.4 Å². The van der Waals surface area contributed by atoms with Crippen molar-refractivity contribution in [3.8, 4) is 0 Å². The van der Waals surface area contributed by atoms with Crippen molar-refractivity contribution in [1.29, 1.82) is 0 Å². The van der Waals surface area contributed by atoms with E-state index < -0.39 is 12.2 Å². The highest BCUT2D eigenvalue weighted by atomic mass is 16.6. The monoisotopic (exact) mass is 319 g/mol. The summed E-state index contributed by atoms with van der Waals surface area (Å²) in [6.07, 6.45) is 0.0393. The molecule has 124 valence electrons. The molecule has 2 aliphatic rings. The van der Waals surface area contributed by atoms with Gasteiger partial charge in [-0.25, -0.2) is 4.79 Å². The van der Waals surface area contributed by atoms with Gasteiger partial charge in [0, 0.05) is 31.0 Å². The molecule has 7 heteroatoms. The summed E-state index contributed by atoms with van der Waals surface area (Å²) in [5.74, 6) is -0.237. The van der Waals surface area contributed by atoms with E-state index >= 15 is 0 Å². The van der Waals surface area contributed by atoms with E-state index in [1.165, 1.54) is 0 Å². The lowest BCUT2D eigenvalue weighted by Gasteiger charge is -2.31. The van der Waals surface area contributed by atoms with Crippen LogP contribution in [-0.2, 0) is 9.53 Å². The Morgan fingerprint density at radius 2 is 1.87 bits per heavy atom. The third kappa shape index (κ3) is 3.39. The fourth-order valence-corrected chi connectivity index (χ4v) is 3.17. The van der Waals surface area contributed by atoms with Crippen molar-refractivity contribution in [2.45, 2.75) is 31.5 Å². The standard InChI is InChI=1S/C16H21N3O4/c17-16(22)23-14-2-1-8-19(15(14)21)12-5-3-11(4-6-12)18-9-7-13(20)10-18/h3-6,13-14,20H,1-2,7-10H2,(H2,17,22)/t13-,14?/m1/s1. The number of aliphatic hydroxyl groups excluding tert-OH is 1. The van der Waals surface area contributed by atoms with Crippen molar-refractivity contribution in [3.05, 3.63) is 24.3 Å². The quantitative estimate of drug-likeness (QED) is 0.861. The Kier molecular flexibility index (Phi) is 4.38. The summed E-state index contributed by atoms with van der Waals surface area (Å²) < 4.78 is 4.88. The molecule has 2 aliphatic heterocycles. The minimum absolute atomic E-state index is 0.237. The van der Waals surface area contributed by atoms with Gasteiger partial charge in [0.05, 0.1) is 6.10 Å². The van der Waals surface area contributed by atoms with Crippen molar-refractivity contribution in [2.24, 2.45) is 5.73 Å².